The van der Waals surface area contributed by atoms with Gasteiger partial charge in [-0.05, 0) is 48.7 Å². The lowest BCUT2D eigenvalue weighted by Gasteiger charge is -2.19. The van der Waals surface area contributed by atoms with E-state index in [0.717, 1.165) is 28.0 Å². The van der Waals surface area contributed by atoms with Gasteiger partial charge in [-0.3, -0.25) is 9.78 Å². The Morgan fingerprint density at radius 3 is 2.30 bits per heavy atom. The van der Waals surface area contributed by atoms with Gasteiger partial charge in [-0.1, -0.05) is 36.4 Å². The highest BCUT2D eigenvalue weighted by Gasteiger charge is 2.16. The van der Waals surface area contributed by atoms with E-state index in [0.29, 0.717) is 18.7 Å². The molecule has 1 amide bonds. The molecule has 1 heterocycles. The van der Waals surface area contributed by atoms with Gasteiger partial charge in [0.2, 0.25) is 0 Å². The van der Waals surface area contributed by atoms with E-state index in [1.54, 1.807) is 17.3 Å². The van der Waals surface area contributed by atoms with Gasteiger partial charge in [0.1, 0.15) is 12.4 Å². The quantitative estimate of drug-likeness (QED) is 0.648. The van der Waals surface area contributed by atoms with Gasteiger partial charge in [0.05, 0.1) is 0 Å². The number of hydrogen-bond acceptors (Lipinski definition) is 3. The third-order valence-electron chi connectivity index (χ3n) is 4.42. The second-order valence-corrected chi connectivity index (χ2v) is 6.74. The Morgan fingerprint density at radius 1 is 1.00 bits per heavy atom. The molecule has 138 valence electrons. The molecule has 0 N–H and O–H groups in total. The van der Waals surface area contributed by atoms with Gasteiger partial charge in [0, 0.05) is 37.1 Å². The van der Waals surface area contributed by atoms with Crippen molar-refractivity contribution < 1.29 is 9.53 Å². The van der Waals surface area contributed by atoms with Crippen LogP contribution in [0.1, 0.15) is 32.6 Å². The minimum Gasteiger partial charge on any atom is -0.488 e. The highest BCUT2D eigenvalue weighted by atomic mass is 16.5. The standard InChI is InChI=1S/C23H24N2O2/c1-17-12-21(23(26)25(3)15-19-8-5-4-6-9-19)13-18(2)22(17)27-16-20-10-7-11-24-14-20/h4-14H,15-16H2,1-3H3. The van der Waals surface area contributed by atoms with Crippen molar-refractivity contribution in [1.82, 2.24) is 9.88 Å². The lowest BCUT2D eigenvalue weighted by atomic mass is 10.0. The van der Waals surface area contributed by atoms with E-state index in [9.17, 15) is 4.79 Å². The van der Waals surface area contributed by atoms with Crippen molar-refractivity contribution in [1.29, 1.82) is 0 Å². The average Bonchev–Trinajstić information content (AvgIpc) is 2.68. The highest BCUT2D eigenvalue weighted by molar-refractivity contribution is 5.94. The average molecular weight is 360 g/mol. The number of amides is 1. The smallest absolute Gasteiger partial charge is 0.253 e. The zero-order chi connectivity index (χ0) is 19.2. The van der Waals surface area contributed by atoms with Gasteiger partial charge in [-0.25, -0.2) is 0 Å². The lowest BCUT2D eigenvalue weighted by molar-refractivity contribution is 0.0785. The maximum Gasteiger partial charge on any atom is 0.253 e. The van der Waals surface area contributed by atoms with Crippen LogP contribution < -0.4 is 4.74 Å². The van der Waals surface area contributed by atoms with E-state index in [2.05, 4.69) is 4.98 Å². The number of aromatic nitrogens is 1. The van der Waals surface area contributed by atoms with Crippen molar-refractivity contribution in [2.75, 3.05) is 7.05 Å². The number of rotatable bonds is 6. The fourth-order valence-corrected chi connectivity index (χ4v) is 3.09. The maximum absolute atomic E-state index is 12.8. The van der Waals surface area contributed by atoms with Crippen molar-refractivity contribution in [2.24, 2.45) is 0 Å². The predicted octanol–water partition coefficient (Wildman–Crippen LogP) is 4.55. The molecule has 3 aromatic rings. The summed E-state index contributed by atoms with van der Waals surface area (Å²) < 4.78 is 5.98. The Morgan fingerprint density at radius 2 is 1.67 bits per heavy atom. The number of ether oxygens (including phenoxy) is 1. The molecule has 0 saturated heterocycles. The lowest BCUT2D eigenvalue weighted by Crippen LogP contribution is -2.26. The van der Waals surface area contributed by atoms with Crippen LogP contribution in [0.2, 0.25) is 0 Å². The van der Waals surface area contributed by atoms with E-state index in [-0.39, 0.29) is 5.91 Å². The topological polar surface area (TPSA) is 42.4 Å². The highest BCUT2D eigenvalue weighted by Crippen LogP contribution is 2.26. The summed E-state index contributed by atoms with van der Waals surface area (Å²) in [7, 11) is 1.83. The molecule has 2 aromatic carbocycles. The second-order valence-electron chi connectivity index (χ2n) is 6.74. The van der Waals surface area contributed by atoms with Gasteiger partial charge in [0.25, 0.3) is 5.91 Å². The van der Waals surface area contributed by atoms with Crippen LogP contribution in [0.3, 0.4) is 0 Å². The number of carbonyl (C=O) groups is 1. The Bertz CT molecular complexity index is 885. The van der Waals surface area contributed by atoms with Gasteiger partial charge in [0.15, 0.2) is 0 Å². The van der Waals surface area contributed by atoms with E-state index in [1.807, 2.05) is 75.5 Å². The second kappa shape index (κ2) is 8.49. The third-order valence-corrected chi connectivity index (χ3v) is 4.42. The summed E-state index contributed by atoms with van der Waals surface area (Å²) in [6.45, 7) is 4.98. The molecule has 4 heteroatoms. The molecular formula is C23H24N2O2. The van der Waals surface area contributed by atoms with Gasteiger partial charge < -0.3 is 9.64 Å². The largest absolute Gasteiger partial charge is 0.488 e. The van der Waals surface area contributed by atoms with Crippen LogP contribution in [0.25, 0.3) is 0 Å². The van der Waals surface area contributed by atoms with Crippen LogP contribution in [0.4, 0.5) is 0 Å². The summed E-state index contributed by atoms with van der Waals surface area (Å²) in [5.41, 5.74) is 4.71. The zero-order valence-corrected chi connectivity index (χ0v) is 16.0. The van der Waals surface area contributed by atoms with E-state index in [1.165, 1.54) is 0 Å². The third kappa shape index (κ3) is 4.73. The molecule has 0 atom stereocenters. The molecule has 0 fully saturated rings. The molecule has 1 aromatic heterocycles. The molecule has 0 spiro atoms. The predicted molar refractivity (Wildman–Crippen MR) is 107 cm³/mol. The molecule has 0 bridgehead atoms. The summed E-state index contributed by atoms with van der Waals surface area (Å²) in [6, 6.07) is 17.7. The summed E-state index contributed by atoms with van der Waals surface area (Å²) in [5, 5.41) is 0. The molecule has 0 radical (unpaired) electrons. The van der Waals surface area contributed by atoms with E-state index in [4.69, 9.17) is 4.74 Å². The van der Waals surface area contributed by atoms with Crippen LogP contribution >= 0.6 is 0 Å². The monoisotopic (exact) mass is 360 g/mol. The first-order valence-corrected chi connectivity index (χ1v) is 8.97. The number of benzene rings is 2. The minimum absolute atomic E-state index is 0.00358. The van der Waals surface area contributed by atoms with Crippen LogP contribution in [0.15, 0.2) is 67.0 Å². The first-order valence-electron chi connectivity index (χ1n) is 8.97. The van der Waals surface area contributed by atoms with Crippen molar-refractivity contribution >= 4 is 5.91 Å². The summed E-state index contributed by atoms with van der Waals surface area (Å²) in [5.74, 6) is 0.824. The summed E-state index contributed by atoms with van der Waals surface area (Å²) in [4.78, 5) is 18.7. The van der Waals surface area contributed by atoms with E-state index < -0.39 is 0 Å². The molecule has 0 aliphatic rings. The Kier molecular flexibility index (Phi) is 5.87. The maximum atomic E-state index is 12.8. The fourth-order valence-electron chi connectivity index (χ4n) is 3.09. The van der Waals surface area contributed by atoms with Crippen molar-refractivity contribution in [2.45, 2.75) is 27.0 Å². The van der Waals surface area contributed by atoms with E-state index >= 15 is 0 Å². The van der Waals surface area contributed by atoms with Crippen LogP contribution in [-0.2, 0) is 13.2 Å². The SMILES string of the molecule is Cc1cc(C(=O)N(C)Cc2ccccc2)cc(C)c1OCc1cccnc1. The van der Waals surface area contributed by atoms with Gasteiger partial charge in [-0.2, -0.15) is 0 Å². The first kappa shape index (κ1) is 18.6. The van der Waals surface area contributed by atoms with Crippen LogP contribution in [0, 0.1) is 13.8 Å². The van der Waals surface area contributed by atoms with Crippen molar-refractivity contribution in [3.05, 3.63) is 94.8 Å². The Labute approximate surface area is 160 Å². The van der Waals surface area contributed by atoms with Crippen LogP contribution in [0.5, 0.6) is 5.75 Å². The number of aryl methyl sites for hydroxylation is 2. The first-order chi connectivity index (χ1) is 13.0. The van der Waals surface area contributed by atoms with Gasteiger partial charge >= 0.3 is 0 Å². The summed E-state index contributed by atoms with van der Waals surface area (Å²) in [6.07, 6.45) is 3.54. The van der Waals surface area contributed by atoms with Crippen molar-refractivity contribution in [3.63, 3.8) is 0 Å². The van der Waals surface area contributed by atoms with Crippen molar-refractivity contribution in [3.8, 4) is 5.75 Å². The normalized spacial score (nSPS) is 10.5. The number of carbonyl (C=O) groups excluding carboxylic acids is 1. The molecule has 0 aliphatic carbocycles. The number of nitrogens with zero attached hydrogens (tertiary/aromatic N) is 2. The number of pyridine rings is 1. The number of hydrogen-bond donors (Lipinski definition) is 0. The molecule has 0 unspecified atom stereocenters. The molecule has 27 heavy (non-hydrogen) atoms. The Balaban J connectivity index is 1.72. The minimum atomic E-state index is 0.00358. The Hall–Kier alpha value is -3.14. The molecule has 3 rings (SSSR count). The van der Waals surface area contributed by atoms with Crippen LogP contribution in [-0.4, -0.2) is 22.8 Å². The van der Waals surface area contributed by atoms with Gasteiger partial charge in [-0.15, -0.1) is 0 Å². The fraction of sp³-hybridized carbons (Fsp3) is 0.217. The summed E-state index contributed by atoms with van der Waals surface area (Å²) >= 11 is 0. The zero-order valence-electron chi connectivity index (χ0n) is 16.0. The molecule has 4 nitrogen and oxygen atoms in total. The molecule has 0 saturated carbocycles. The molecular weight excluding hydrogens is 336 g/mol. The molecule has 0 aliphatic heterocycles.